The average molecular weight is 351 g/mol. The molecule has 0 amide bonds. The van der Waals surface area contributed by atoms with Crippen LogP contribution in [-0.4, -0.2) is 22.0 Å². The number of rotatable bonds is 4. The van der Waals surface area contributed by atoms with Gasteiger partial charge in [0.2, 0.25) is 0 Å². The van der Waals surface area contributed by atoms with Crippen LogP contribution in [0.2, 0.25) is 0 Å². The molecule has 2 aromatic rings. The van der Waals surface area contributed by atoms with Crippen molar-refractivity contribution in [3.05, 3.63) is 47.3 Å². The third-order valence-corrected chi connectivity index (χ3v) is 5.15. The van der Waals surface area contributed by atoms with Gasteiger partial charge in [0.15, 0.2) is 0 Å². The number of aryl methyl sites for hydroxylation is 1. The molecule has 1 aromatic carbocycles. The van der Waals surface area contributed by atoms with Crippen molar-refractivity contribution in [2.24, 2.45) is 5.92 Å². The number of hydrogen-bond acceptors (Lipinski definition) is 2. The first-order chi connectivity index (χ1) is 11.9. The molecule has 2 atom stereocenters. The summed E-state index contributed by atoms with van der Waals surface area (Å²) >= 11 is 0. The smallest absolute Gasteiger partial charge is 0.310 e. The standard InChI is InChI=1S/C19H24F3N3/c1-13-18(14(2)25(24-13)17-9-4-3-5-10-17)12-23-16-8-6-7-15(11-16)19(20,21)22/h3-5,9-10,15-16,23H,6-8,11-12H2,1-2H3. The average Bonchev–Trinajstić information content (AvgIpc) is 2.88. The van der Waals surface area contributed by atoms with E-state index in [4.69, 9.17) is 0 Å². The molecule has 0 aliphatic heterocycles. The summed E-state index contributed by atoms with van der Waals surface area (Å²) in [5.74, 6) is -1.17. The van der Waals surface area contributed by atoms with Crippen molar-refractivity contribution < 1.29 is 13.2 Å². The van der Waals surface area contributed by atoms with E-state index in [1.807, 2.05) is 48.9 Å². The number of halogens is 3. The quantitative estimate of drug-likeness (QED) is 0.865. The maximum Gasteiger partial charge on any atom is 0.391 e. The summed E-state index contributed by atoms with van der Waals surface area (Å²) in [6.45, 7) is 4.51. The van der Waals surface area contributed by atoms with E-state index < -0.39 is 12.1 Å². The Kier molecular flexibility index (Phi) is 5.18. The third-order valence-electron chi connectivity index (χ3n) is 5.15. The number of hydrogen-bond donors (Lipinski definition) is 1. The lowest BCUT2D eigenvalue weighted by Crippen LogP contribution is -2.38. The fraction of sp³-hybridized carbons (Fsp3) is 0.526. The minimum atomic E-state index is -4.08. The van der Waals surface area contributed by atoms with Crippen molar-refractivity contribution in [3.8, 4) is 5.69 Å². The largest absolute Gasteiger partial charge is 0.391 e. The molecule has 1 N–H and O–H groups in total. The lowest BCUT2D eigenvalue weighted by Gasteiger charge is -2.31. The van der Waals surface area contributed by atoms with Gasteiger partial charge in [0.05, 0.1) is 17.3 Å². The zero-order valence-electron chi connectivity index (χ0n) is 14.6. The normalized spacial score (nSPS) is 21.5. The van der Waals surface area contributed by atoms with Crippen molar-refractivity contribution in [3.63, 3.8) is 0 Å². The van der Waals surface area contributed by atoms with Crippen LogP contribution < -0.4 is 5.32 Å². The molecule has 0 spiro atoms. The summed E-state index contributed by atoms with van der Waals surface area (Å²) < 4.78 is 40.8. The molecule has 1 fully saturated rings. The lowest BCUT2D eigenvalue weighted by molar-refractivity contribution is -0.183. The van der Waals surface area contributed by atoms with E-state index >= 15 is 0 Å². The number of nitrogens with zero attached hydrogens (tertiary/aromatic N) is 2. The first kappa shape index (κ1) is 18.0. The second-order valence-electron chi connectivity index (χ2n) is 6.88. The van der Waals surface area contributed by atoms with Crippen LogP contribution in [0.4, 0.5) is 13.2 Å². The molecule has 0 saturated heterocycles. The minimum Gasteiger partial charge on any atom is -0.310 e. The van der Waals surface area contributed by atoms with Gasteiger partial charge in [-0.3, -0.25) is 0 Å². The zero-order valence-corrected chi connectivity index (χ0v) is 14.6. The van der Waals surface area contributed by atoms with Crippen LogP contribution in [0.15, 0.2) is 30.3 Å². The van der Waals surface area contributed by atoms with E-state index in [1.54, 1.807) is 0 Å². The highest BCUT2D eigenvalue weighted by Gasteiger charge is 2.42. The molecule has 0 bridgehead atoms. The van der Waals surface area contributed by atoms with Crippen LogP contribution in [-0.2, 0) is 6.54 Å². The predicted octanol–water partition coefficient (Wildman–Crippen LogP) is 4.70. The number of benzene rings is 1. The van der Waals surface area contributed by atoms with Crippen LogP contribution in [0.25, 0.3) is 5.69 Å². The van der Waals surface area contributed by atoms with E-state index in [2.05, 4.69) is 10.4 Å². The Morgan fingerprint density at radius 1 is 1.16 bits per heavy atom. The molecule has 1 aliphatic rings. The van der Waals surface area contributed by atoms with Gasteiger partial charge in [0, 0.05) is 23.8 Å². The molecular weight excluding hydrogens is 327 g/mol. The van der Waals surface area contributed by atoms with Gasteiger partial charge in [-0.1, -0.05) is 24.6 Å². The SMILES string of the molecule is Cc1nn(-c2ccccc2)c(C)c1CNC1CCCC(C(F)(F)F)C1. The second kappa shape index (κ2) is 7.20. The Labute approximate surface area is 146 Å². The first-order valence-electron chi connectivity index (χ1n) is 8.77. The fourth-order valence-electron chi connectivity index (χ4n) is 3.67. The van der Waals surface area contributed by atoms with Crippen LogP contribution in [0, 0.1) is 19.8 Å². The number of nitrogens with one attached hydrogen (secondary N) is 1. The van der Waals surface area contributed by atoms with Crippen molar-refractivity contribution in [1.29, 1.82) is 0 Å². The summed E-state index contributed by atoms with van der Waals surface area (Å²) in [4.78, 5) is 0. The third kappa shape index (κ3) is 4.06. The Morgan fingerprint density at radius 2 is 1.88 bits per heavy atom. The summed E-state index contributed by atoms with van der Waals surface area (Å²) in [5, 5.41) is 7.93. The number of alkyl halides is 3. The van der Waals surface area contributed by atoms with Crippen LogP contribution in [0.1, 0.15) is 42.6 Å². The first-order valence-corrected chi connectivity index (χ1v) is 8.77. The molecule has 2 unspecified atom stereocenters. The summed E-state index contributed by atoms with van der Waals surface area (Å²) in [6, 6.07) is 9.78. The summed E-state index contributed by atoms with van der Waals surface area (Å²) in [6.07, 6.45) is -2.22. The van der Waals surface area contributed by atoms with Gasteiger partial charge in [0.25, 0.3) is 0 Å². The van der Waals surface area contributed by atoms with Gasteiger partial charge < -0.3 is 5.32 Å². The molecule has 136 valence electrons. The molecule has 3 rings (SSSR count). The van der Waals surface area contributed by atoms with Crippen LogP contribution >= 0.6 is 0 Å². The molecule has 1 aliphatic carbocycles. The maximum absolute atomic E-state index is 13.0. The van der Waals surface area contributed by atoms with E-state index in [0.717, 1.165) is 29.1 Å². The highest BCUT2D eigenvalue weighted by molar-refractivity contribution is 5.36. The van der Waals surface area contributed by atoms with Crippen molar-refractivity contribution >= 4 is 0 Å². The topological polar surface area (TPSA) is 29.9 Å². The van der Waals surface area contributed by atoms with Crippen molar-refractivity contribution in [2.75, 3.05) is 0 Å². The van der Waals surface area contributed by atoms with E-state index in [-0.39, 0.29) is 18.9 Å². The fourth-order valence-corrected chi connectivity index (χ4v) is 3.67. The number of para-hydroxylation sites is 1. The Balaban J connectivity index is 1.69. The minimum absolute atomic E-state index is 0.0840. The Hall–Kier alpha value is -1.82. The van der Waals surface area contributed by atoms with E-state index in [9.17, 15) is 13.2 Å². The molecule has 1 aromatic heterocycles. The monoisotopic (exact) mass is 351 g/mol. The Morgan fingerprint density at radius 3 is 2.56 bits per heavy atom. The van der Waals surface area contributed by atoms with Gasteiger partial charge in [0.1, 0.15) is 0 Å². The molecule has 0 radical (unpaired) electrons. The molecule has 6 heteroatoms. The summed E-state index contributed by atoms with van der Waals surface area (Å²) in [7, 11) is 0. The Bertz CT molecular complexity index is 707. The predicted molar refractivity (Wildman–Crippen MR) is 91.7 cm³/mol. The summed E-state index contributed by atoms with van der Waals surface area (Å²) in [5.41, 5.74) is 4.00. The molecule has 1 heterocycles. The van der Waals surface area contributed by atoms with Gasteiger partial charge in [-0.2, -0.15) is 18.3 Å². The highest BCUT2D eigenvalue weighted by Crippen LogP contribution is 2.37. The molecule has 3 nitrogen and oxygen atoms in total. The zero-order chi connectivity index (χ0) is 18.0. The molecule has 25 heavy (non-hydrogen) atoms. The molecular formula is C19H24F3N3. The van der Waals surface area contributed by atoms with Gasteiger partial charge in [-0.05, 0) is 45.2 Å². The van der Waals surface area contributed by atoms with Crippen LogP contribution in [0.5, 0.6) is 0 Å². The van der Waals surface area contributed by atoms with E-state index in [1.165, 1.54) is 0 Å². The van der Waals surface area contributed by atoms with Crippen LogP contribution in [0.3, 0.4) is 0 Å². The highest BCUT2D eigenvalue weighted by atomic mass is 19.4. The second-order valence-corrected chi connectivity index (χ2v) is 6.88. The maximum atomic E-state index is 13.0. The van der Waals surface area contributed by atoms with E-state index in [0.29, 0.717) is 13.0 Å². The van der Waals surface area contributed by atoms with Gasteiger partial charge in [-0.15, -0.1) is 0 Å². The lowest BCUT2D eigenvalue weighted by atomic mass is 9.85. The van der Waals surface area contributed by atoms with Gasteiger partial charge in [-0.25, -0.2) is 4.68 Å². The van der Waals surface area contributed by atoms with Crippen molar-refractivity contribution in [1.82, 2.24) is 15.1 Å². The van der Waals surface area contributed by atoms with Gasteiger partial charge >= 0.3 is 6.18 Å². The molecule has 1 saturated carbocycles. The number of aromatic nitrogens is 2. The van der Waals surface area contributed by atoms with Crippen molar-refractivity contribution in [2.45, 2.75) is 58.3 Å².